The summed E-state index contributed by atoms with van der Waals surface area (Å²) in [6.07, 6.45) is 0.873. The smallest absolute Gasteiger partial charge is 0.327 e. The van der Waals surface area contributed by atoms with Gasteiger partial charge in [0.2, 0.25) is 0 Å². The van der Waals surface area contributed by atoms with Crippen molar-refractivity contribution in [1.82, 2.24) is 4.31 Å². The maximum Gasteiger partial charge on any atom is 0.327 e. The fourth-order valence-corrected chi connectivity index (χ4v) is 4.50. The van der Waals surface area contributed by atoms with Crippen molar-refractivity contribution in [3.05, 3.63) is 64.6 Å². The summed E-state index contributed by atoms with van der Waals surface area (Å²) in [5.74, 6) is -2.27. The highest BCUT2D eigenvalue weighted by molar-refractivity contribution is 9.10. The number of sulfonamides is 1. The van der Waals surface area contributed by atoms with Crippen molar-refractivity contribution in [2.45, 2.75) is 30.2 Å². The molecule has 0 fully saturated rings. The predicted octanol–water partition coefficient (Wildman–Crippen LogP) is 2.86. The number of carboxylic acids is 1. The number of benzene rings is 2. The first kappa shape index (κ1) is 22.1. The molecule has 0 saturated carbocycles. The van der Waals surface area contributed by atoms with Crippen molar-refractivity contribution in [2.75, 3.05) is 6.54 Å². The summed E-state index contributed by atoms with van der Waals surface area (Å²) in [7, 11) is -4.40. The first-order valence-electron chi connectivity index (χ1n) is 8.61. The highest BCUT2D eigenvalue weighted by Gasteiger charge is 2.39. The maximum atomic E-state index is 13.2. The summed E-state index contributed by atoms with van der Waals surface area (Å²) >= 11 is 3.23. The number of aliphatic carboxylic acids is 1. The molecule has 0 aliphatic heterocycles. The van der Waals surface area contributed by atoms with Crippen LogP contribution in [0.1, 0.15) is 29.6 Å². The van der Waals surface area contributed by atoms with Gasteiger partial charge in [0, 0.05) is 10.0 Å². The Balaban J connectivity index is 2.55. The van der Waals surface area contributed by atoms with E-state index in [1.165, 1.54) is 36.4 Å². The van der Waals surface area contributed by atoms with Gasteiger partial charge in [-0.05, 0) is 62.2 Å². The number of hydrogen-bond donors (Lipinski definition) is 2. The lowest BCUT2D eigenvalue weighted by Gasteiger charge is -2.28. The molecule has 0 unspecified atom stereocenters. The van der Waals surface area contributed by atoms with Crippen LogP contribution in [0.2, 0.25) is 0 Å². The van der Waals surface area contributed by atoms with Gasteiger partial charge < -0.3 is 10.8 Å². The van der Waals surface area contributed by atoms with Crippen LogP contribution in [-0.4, -0.2) is 42.3 Å². The van der Waals surface area contributed by atoms with Crippen LogP contribution in [0.3, 0.4) is 0 Å². The fourth-order valence-electron chi connectivity index (χ4n) is 2.67. The summed E-state index contributed by atoms with van der Waals surface area (Å²) in [4.78, 5) is 24.8. The molecule has 1 atom stereocenters. The molecule has 0 radical (unpaired) electrons. The minimum absolute atomic E-state index is 0.0269. The van der Waals surface area contributed by atoms with E-state index in [0.29, 0.717) is 28.2 Å². The Hall–Kier alpha value is -2.23. The van der Waals surface area contributed by atoms with Crippen LogP contribution in [0.25, 0.3) is 0 Å². The van der Waals surface area contributed by atoms with E-state index in [1.807, 2.05) is 0 Å². The second-order valence-corrected chi connectivity index (χ2v) is 8.80. The van der Waals surface area contributed by atoms with Crippen LogP contribution in [0.4, 0.5) is 0 Å². The van der Waals surface area contributed by atoms with Gasteiger partial charge in [-0.3, -0.25) is 4.79 Å². The Morgan fingerprint density at radius 3 is 2.18 bits per heavy atom. The number of halogens is 1. The van der Waals surface area contributed by atoms with E-state index in [-0.39, 0.29) is 16.9 Å². The van der Waals surface area contributed by atoms with E-state index in [0.717, 1.165) is 0 Å². The van der Waals surface area contributed by atoms with Crippen LogP contribution in [-0.2, 0) is 14.8 Å². The van der Waals surface area contributed by atoms with Crippen molar-refractivity contribution in [3.63, 3.8) is 0 Å². The average molecular weight is 469 g/mol. The molecule has 0 aromatic heterocycles. The standard InChI is InChI=1S/C19H21BrN2O5S/c20-15-9-11-16(12-10-15)28(26,27)22(17(19(24)25)8-4-5-13-21)18(23)14-6-2-1-3-7-14/h1-3,6-7,9-12,17H,4-5,8,13,21H2,(H,24,25)/t17-/m0/s1. The van der Waals surface area contributed by atoms with Gasteiger partial charge in [-0.15, -0.1) is 0 Å². The molecule has 28 heavy (non-hydrogen) atoms. The normalized spacial score (nSPS) is 12.4. The number of carboxylic acid groups (broad SMARTS) is 1. The lowest BCUT2D eigenvalue weighted by molar-refractivity contribution is -0.141. The van der Waals surface area contributed by atoms with Gasteiger partial charge in [0.15, 0.2) is 0 Å². The third kappa shape index (κ3) is 5.18. The molecule has 0 heterocycles. The molecular formula is C19H21BrN2O5S. The van der Waals surface area contributed by atoms with Gasteiger partial charge >= 0.3 is 5.97 Å². The summed E-state index contributed by atoms with van der Waals surface area (Å²) in [6, 6.07) is 11.9. The lowest BCUT2D eigenvalue weighted by Crippen LogP contribution is -2.48. The first-order chi connectivity index (χ1) is 13.3. The Morgan fingerprint density at radius 1 is 1.04 bits per heavy atom. The minimum atomic E-state index is -4.40. The van der Waals surface area contributed by atoms with Gasteiger partial charge in [-0.1, -0.05) is 34.1 Å². The fraction of sp³-hybridized carbons (Fsp3) is 0.263. The van der Waals surface area contributed by atoms with Gasteiger partial charge in [0.05, 0.1) is 4.90 Å². The van der Waals surface area contributed by atoms with Crippen LogP contribution in [0.5, 0.6) is 0 Å². The van der Waals surface area contributed by atoms with Crippen molar-refractivity contribution in [2.24, 2.45) is 5.73 Å². The van der Waals surface area contributed by atoms with Crippen molar-refractivity contribution >= 4 is 37.8 Å². The molecule has 7 nitrogen and oxygen atoms in total. The van der Waals surface area contributed by atoms with Gasteiger partial charge in [0.25, 0.3) is 15.9 Å². The highest BCUT2D eigenvalue weighted by atomic mass is 79.9. The van der Waals surface area contributed by atoms with Gasteiger partial charge in [-0.25, -0.2) is 17.5 Å². The number of unbranched alkanes of at least 4 members (excludes halogenated alkanes) is 1. The number of nitrogens with zero attached hydrogens (tertiary/aromatic N) is 1. The van der Waals surface area contributed by atoms with E-state index in [4.69, 9.17) is 5.73 Å². The number of carbonyl (C=O) groups is 2. The minimum Gasteiger partial charge on any atom is -0.480 e. The van der Waals surface area contributed by atoms with E-state index in [9.17, 15) is 23.1 Å². The number of amides is 1. The molecule has 1 amide bonds. The second kappa shape index (κ2) is 9.81. The number of hydrogen-bond acceptors (Lipinski definition) is 5. The highest BCUT2D eigenvalue weighted by Crippen LogP contribution is 2.25. The van der Waals surface area contributed by atoms with Gasteiger partial charge in [-0.2, -0.15) is 0 Å². The number of rotatable bonds is 9. The largest absolute Gasteiger partial charge is 0.480 e. The van der Waals surface area contributed by atoms with Gasteiger partial charge in [0.1, 0.15) is 6.04 Å². The molecule has 0 saturated heterocycles. The van der Waals surface area contributed by atoms with Crippen LogP contribution in [0, 0.1) is 0 Å². The quantitative estimate of drug-likeness (QED) is 0.546. The Labute approximate surface area is 172 Å². The topological polar surface area (TPSA) is 118 Å². The Bertz CT molecular complexity index is 917. The predicted molar refractivity (Wildman–Crippen MR) is 108 cm³/mol. The molecule has 2 rings (SSSR count). The number of carbonyl (C=O) groups excluding carboxylic acids is 1. The zero-order valence-electron chi connectivity index (χ0n) is 15.0. The van der Waals surface area contributed by atoms with E-state index >= 15 is 0 Å². The zero-order valence-corrected chi connectivity index (χ0v) is 17.4. The average Bonchev–Trinajstić information content (AvgIpc) is 2.67. The van der Waals surface area contributed by atoms with Crippen LogP contribution < -0.4 is 5.73 Å². The molecule has 2 aromatic carbocycles. The second-order valence-electron chi connectivity index (χ2n) is 6.06. The third-order valence-electron chi connectivity index (χ3n) is 4.09. The first-order valence-corrected chi connectivity index (χ1v) is 10.8. The summed E-state index contributed by atoms with van der Waals surface area (Å²) < 4.78 is 27.6. The Morgan fingerprint density at radius 2 is 1.64 bits per heavy atom. The third-order valence-corrected chi connectivity index (χ3v) is 6.43. The monoisotopic (exact) mass is 468 g/mol. The Kier molecular flexibility index (Phi) is 7.73. The molecule has 0 spiro atoms. The van der Waals surface area contributed by atoms with Crippen LogP contribution in [0.15, 0.2) is 64.0 Å². The summed E-state index contributed by atoms with van der Waals surface area (Å²) in [6.45, 7) is 0.346. The summed E-state index contributed by atoms with van der Waals surface area (Å²) in [5, 5.41) is 9.70. The molecule has 3 N–H and O–H groups in total. The van der Waals surface area contributed by atoms with E-state index in [2.05, 4.69) is 15.9 Å². The molecular weight excluding hydrogens is 448 g/mol. The molecule has 9 heteroatoms. The van der Waals surface area contributed by atoms with Crippen LogP contribution >= 0.6 is 15.9 Å². The lowest BCUT2D eigenvalue weighted by atomic mass is 10.1. The van der Waals surface area contributed by atoms with Crippen molar-refractivity contribution < 1.29 is 23.1 Å². The molecule has 2 aromatic rings. The summed E-state index contributed by atoms with van der Waals surface area (Å²) in [5.41, 5.74) is 5.55. The molecule has 0 aliphatic carbocycles. The zero-order chi connectivity index (χ0) is 20.7. The molecule has 0 bridgehead atoms. The molecule has 150 valence electrons. The SMILES string of the molecule is NCCCC[C@@H](C(=O)O)N(C(=O)c1ccccc1)S(=O)(=O)c1ccc(Br)cc1. The van der Waals surface area contributed by atoms with E-state index in [1.54, 1.807) is 18.2 Å². The van der Waals surface area contributed by atoms with Crippen molar-refractivity contribution in [1.29, 1.82) is 0 Å². The van der Waals surface area contributed by atoms with Crippen molar-refractivity contribution in [3.8, 4) is 0 Å². The number of nitrogens with two attached hydrogens (primary N) is 1. The van der Waals surface area contributed by atoms with E-state index < -0.39 is 27.9 Å². The maximum absolute atomic E-state index is 13.2. The molecule has 0 aliphatic rings.